The predicted octanol–water partition coefficient (Wildman–Crippen LogP) is -0.165. The highest BCUT2D eigenvalue weighted by atomic mass is 16.3. The summed E-state index contributed by atoms with van der Waals surface area (Å²) in [6.45, 7) is 8.18. The Morgan fingerprint density at radius 2 is 1.44 bits per heavy atom. The van der Waals surface area contributed by atoms with Gasteiger partial charge in [-0.2, -0.15) is 0 Å². The minimum absolute atomic E-state index is 0.0421. The molecule has 1 rings (SSSR count). The van der Waals surface area contributed by atoms with E-state index in [-0.39, 0.29) is 12.1 Å². The molecule has 2 amide bonds. The highest BCUT2D eigenvalue weighted by Crippen LogP contribution is 2.13. The van der Waals surface area contributed by atoms with Crippen molar-refractivity contribution in [3.63, 3.8) is 0 Å². The van der Waals surface area contributed by atoms with Gasteiger partial charge in [-0.1, -0.05) is 0 Å². The van der Waals surface area contributed by atoms with E-state index in [0.29, 0.717) is 13.1 Å². The van der Waals surface area contributed by atoms with Gasteiger partial charge in [0.1, 0.15) is 0 Å². The summed E-state index contributed by atoms with van der Waals surface area (Å²) in [6, 6.07) is -0.272. The quantitative estimate of drug-likeness (QED) is 0.682. The van der Waals surface area contributed by atoms with Gasteiger partial charge in [0.25, 0.3) is 0 Å². The van der Waals surface area contributed by atoms with Crippen LogP contribution in [0.15, 0.2) is 0 Å². The molecule has 0 radical (unpaired) electrons. The van der Waals surface area contributed by atoms with E-state index in [1.165, 1.54) is 4.90 Å². The number of carbonyl (C=O) groups excluding carboxylic acids is 2. The van der Waals surface area contributed by atoms with Crippen LogP contribution in [0.5, 0.6) is 0 Å². The van der Waals surface area contributed by atoms with E-state index in [2.05, 4.69) is 0 Å². The van der Waals surface area contributed by atoms with Crippen molar-refractivity contribution in [2.45, 2.75) is 45.9 Å². The molecule has 1 heterocycles. The summed E-state index contributed by atoms with van der Waals surface area (Å²) in [5.74, 6) is -0.970. The summed E-state index contributed by atoms with van der Waals surface area (Å²) in [6.07, 6.45) is -0.623. The molecule has 92 valence electrons. The fourth-order valence-electron chi connectivity index (χ4n) is 1.81. The smallest absolute Gasteiger partial charge is 0.312 e. The third kappa shape index (κ3) is 2.35. The number of aliphatic hydroxyl groups is 1. The maximum absolute atomic E-state index is 11.8. The van der Waals surface area contributed by atoms with Crippen molar-refractivity contribution in [3.8, 4) is 0 Å². The number of piperazine rings is 1. The Hall–Kier alpha value is -1.10. The normalized spacial score (nSPS) is 21.6. The van der Waals surface area contributed by atoms with Crippen LogP contribution in [0.4, 0.5) is 0 Å². The van der Waals surface area contributed by atoms with Crippen molar-refractivity contribution in [3.05, 3.63) is 0 Å². The van der Waals surface area contributed by atoms with E-state index in [0.717, 1.165) is 0 Å². The van der Waals surface area contributed by atoms with E-state index in [1.807, 2.05) is 13.8 Å². The SMILES string of the molecule is CC(O)C(C)N1CCN(C(C)C)C(=O)C1=O. The predicted molar refractivity (Wildman–Crippen MR) is 59.7 cm³/mol. The van der Waals surface area contributed by atoms with Crippen molar-refractivity contribution < 1.29 is 14.7 Å². The van der Waals surface area contributed by atoms with E-state index in [1.54, 1.807) is 18.7 Å². The first kappa shape index (κ1) is 13.0. The van der Waals surface area contributed by atoms with Crippen LogP contribution in [-0.2, 0) is 9.59 Å². The van der Waals surface area contributed by atoms with Crippen molar-refractivity contribution in [2.24, 2.45) is 0 Å². The van der Waals surface area contributed by atoms with Crippen LogP contribution in [0.1, 0.15) is 27.7 Å². The van der Waals surface area contributed by atoms with Gasteiger partial charge >= 0.3 is 11.8 Å². The lowest BCUT2D eigenvalue weighted by Crippen LogP contribution is -2.59. The lowest BCUT2D eigenvalue weighted by molar-refractivity contribution is -0.160. The highest BCUT2D eigenvalue weighted by Gasteiger charge is 2.36. The number of nitrogens with zero attached hydrogens (tertiary/aromatic N) is 2. The van der Waals surface area contributed by atoms with Crippen LogP contribution < -0.4 is 0 Å². The molecule has 2 unspecified atom stereocenters. The van der Waals surface area contributed by atoms with E-state index in [4.69, 9.17) is 0 Å². The van der Waals surface area contributed by atoms with Crippen LogP contribution in [0.25, 0.3) is 0 Å². The minimum atomic E-state index is -0.623. The van der Waals surface area contributed by atoms with Gasteiger partial charge in [-0.05, 0) is 27.7 Å². The molecule has 0 bridgehead atoms. The Balaban J connectivity index is 2.76. The molecule has 0 aromatic heterocycles. The molecule has 1 saturated heterocycles. The fourth-order valence-corrected chi connectivity index (χ4v) is 1.81. The summed E-state index contributed by atoms with van der Waals surface area (Å²) in [5.41, 5.74) is 0. The second-order valence-electron chi connectivity index (χ2n) is 4.57. The first-order chi connectivity index (χ1) is 7.36. The molecular formula is C11H20N2O3. The minimum Gasteiger partial charge on any atom is -0.391 e. The molecule has 0 spiro atoms. The lowest BCUT2D eigenvalue weighted by atomic mass is 10.1. The first-order valence-corrected chi connectivity index (χ1v) is 5.66. The van der Waals surface area contributed by atoms with Crippen LogP contribution >= 0.6 is 0 Å². The van der Waals surface area contributed by atoms with E-state index < -0.39 is 17.9 Å². The standard InChI is InChI=1S/C11H20N2O3/c1-7(2)12-5-6-13(8(3)9(4)14)11(16)10(12)15/h7-9,14H,5-6H2,1-4H3. The Morgan fingerprint density at radius 1 is 1.00 bits per heavy atom. The van der Waals surface area contributed by atoms with Gasteiger partial charge in [0.15, 0.2) is 0 Å². The largest absolute Gasteiger partial charge is 0.391 e. The van der Waals surface area contributed by atoms with Crippen LogP contribution in [0.2, 0.25) is 0 Å². The molecule has 0 aliphatic carbocycles. The summed E-state index contributed by atoms with van der Waals surface area (Å²) in [4.78, 5) is 26.6. The van der Waals surface area contributed by atoms with Gasteiger partial charge < -0.3 is 14.9 Å². The summed E-state index contributed by atoms with van der Waals surface area (Å²) >= 11 is 0. The zero-order chi connectivity index (χ0) is 12.5. The third-order valence-electron chi connectivity index (χ3n) is 3.10. The molecule has 1 fully saturated rings. The molecule has 0 aromatic carbocycles. The second-order valence-corrected chi connectivity index (χ2v) is 4.57. The number of rotatable bonds is 3. The monoisotopic (exact) mass is 228 g/mol. The second kappa shape index (κ2) is 4.82. The first-order valence-electron chi connectivity index (χ1n) is 5.66. The van der Waals surface area contributed by atoms with E-state index in [9.17, 15) is 14.7 Å². The molecule has 1 N–H and O–H groups in total. The number of aliphatic hydroxyl groups excluding tert-OH is 1. The topological polar surface area (TPSA) is 60.9 Å². The Morgan fingerprint density at radius 3 is 1.88 bits per heavy atom. The van der Waals surface area contributed by atoms with Gasteiger partial charge in [0.05, 0.1) is 12.1 Å². The average Bonchev–Trinajstić information content (AvgIpc) is 2.20. The average molecular weight is 228 g/mol. The molecule has 16 heavy (non-hydrogen) atoms. The number of hydrogen-bond acceptors (Lipinski definition) is 3. The van der Waals surface area contributed by atoms with Gasteiger partial charge in [-0.3, -0.25) is 9.59 Å². The molecule has 1 aliphatic rings. The van der Waals surface area contributed by atoms with Crippen LogP contribution in [0, 0.1) is 0 Å². The summed E-state index contributed by atoms with van der Waals surface area (Å²) < 4.78 is 0. The van der Waals surface area contributed by atoms with Crippen molar-refractivity contribution in [1.29, 1.82) is 0 Å². The zero-order valence-electron chi connectivity index (χ0n) is 10.3. The zero-order valence-corrected chi connectivity index (χ0v) is 10.3. The molecular weight excluding hydrogens is 208 g/mol. The maximum atomic E-state index is 11.8. The Labute approximate surface area is 96.0 Å². The summed E-state index contributed by atoms with van der Waals surface area (Å²) in [7, 11) is 0. The molecule has 5 heteroatoms. The van der Waals surface area contributed by atoms with Crippen molar-refractivity contribution in [2.75, 3.05) is 13.1 Å². The number of hydrogen-bond donors (Lipinski definition) is 1. The van der Waals surface area contributed by atoms with Crippen molar-refractivity contribution >= 4 is 11.8 Å². The van der Waals surface area contributed by atoms with Crippen LogP contribution in [-0.4, -0.2) is 58.0 Å². The molecule has 1 aliphatic heterocycles. The van der Waals surface area contributed by atoms with Gasteiger partial charge in [0, 0.05) is 19.1 Å². The number of amides is 2. The number of carbonyl (C=O) groups is 2. The Kier molecular flexibility index (Phi) is 3.91. The van der Waals surface area contributed by atoms with E-state index >= 15 is 0 Å². The lowest BCUT2D eigenvalue weighted by Gasteiger charge is -2.39. The molecule has 0 saturated carbocycles. The molecule has 5 nitrogen and oxygen atoms in total. The van der Waals surface area contributed by atoms with Crippen molar-refractivity contribution in [1.82, 2.24) is 9.80 Å². The third-order valence-corrected chi connectivity index (χ3v) is 3.10. The van der Waals surface area contributed by atoms with Gasteiger partial charge in [-0.15, -0.1) is 0 Å². The molecule has 2 atom stereocenters. The summed E-state index contributed by atoms with van der Waals surface area (Å²) in [5, 5.41) is 9.43. The maximum Gasteiger partial charge on any atom is 0.312 e. The molecule has 0 aromatic rings. The van der Waals surface area contributed by atoms with Gasteiger partial charge in [0.2, 0.25) is 0 Å². The Bertz CT molecular complexity index is 289. The highest BCUT2D eigenvalue weighted by molar-refractivity contribution is 6.35. The fraction of sp³-hybridized carbons (Fsp3) is 0.818. The van der Waals surface area contributed by atoms with Crippen LogP contribution in [0.3, 0.4) is 0 Å². The van der Waals surface area contributed by atoms with Gasteiger partial charge in [-0.25, -0.2) is 0 Å².